The van der Waals surface area contributed by atoms with E-state index in [0.29, 0.717) is 11.3 Å². The third-order valence-electron chi connectivity index (χ3n) is 1.89. The first-order valence-electron chi connectivity index (χ1n) is 4.41. The average Bonchev–Trinajstić information content (AvgIpc) is 2.29. The van der Waals surface area contributed by atoms with Crippen molar-refractivity contribution in [2.24, 2.45) is 0 Å². The van der Waals surface area contributed by atoms with Gasteiger partial charge < -0.3 is 14.6 Å². The molecule has 0 fully saturated rings. The highest BCUT2D eigenvalue weighted by atomic mass is 79.9. The average molecular weight is 287 g/mol. The van der Waals surface area contributed by atoms with Crippen molar-refractivity contribution in [3.63, 3.8) is 0 Å². The molecule has 0 radical (unpaired) electrons. The van der Waals surface area contributed by atoms with Gasteiger partial charge in [0.15, 0.2) is 11.5 Å². The number of ether oxygens (including phenoxy) is 2. The number of carbonyl (C=O) groups excluding carboxylic acids is 1. The summed E-state index contributed by atoms with van der Waals surface area (Å²) in [5.74, 6) is -0.178. The van der Waals surface area contributed by atoms with Crippen LogP contribution in [-0.2, 0) is 9.53 Å². The lowest BCUT2D eigenvalue weighted by Crippen LogP contribution is -1.93. The van der Waals surface area contributed by atoms with Gasteiger partial charge in [0.25, 0.3) is 0 Å². The van der Waals surface area contributed by atoms with Gasteiger partial charge in [-0.05, 0) is 18.2 Å². The number of hydrogen-bond acceptors (Lipinski definition) is 4. The molecule has 0 bridgehead atoms. The molecule has 1 aromatic carbocycles. The Kier molecular flexibility index (Phi) is 4.37. The van der Waals surface area contributed by atoms with Crippen molar-refractivity contribution < 1.29 is 19.4 Å². The maximum atomic E-state index is 10.9. The molecule has 0 saturated carbocycles. The molecular formula is C11H11BrO4. The first-order chi connectivity index (χ1) is 7.58. The minimum Gasteiger partial charge on any atom is -0.504 e. The summed E-state index contributed by atoms with van der Waals surface area (Å²) in [6.45, 7) is 0. The second-order valence-corrected chi connectivity index (χ2v) is 3.82. The number of hydrogen-bond donors (Lipinski definition) is 1. The number of esters is 1. The molecule has 0 aliphatic carbocycles. The van der Waals surface area contributed by atoms with Gasteiger partial charge in [0.05, 0.1) is 14.2 Å². The zero-order valence-corrected chi connectivity index (χ0v) is 10.4. The van der Waals surface area contributed by atoms with E-state index in [-0.39, 0.29) is 5.75 Å². The Balaban J connectivity index is 3.09. The molecule has 0 spiro atoms. The summed E-state index contributed by atoms with van der Waals surface area (Å²) in [7, 11) is 2.74. The zero-order chi connectivity index (χ0) is 12.1. The lowest BCUT2D eigenvalue weighted by molar-refractivity contribution is -0.134. The summed E-state index contributed by atoms with van der Waals surface area (Å²) < 4.78 is 10.2. The topological polar surface area (TPSA) is 55.8 Å². The standard InChI is InChI=1S/C11H11BrO4/c1-15-9-6-8(12)5-7(11(9)14)3-4-10(13)16-2/h3-6,14H,1-2H3. The van der Waals surface area contributed by atoms with Crippen LogP contribution in [0.5, 0.6) is 11.5 Å². The zero-order valence-electron chi connectivity index (χ0n) is 8.86. The van der Waals surface area contributed by atoms with Gasteiger partial charge in [-0.15, -0.1) is 0 Å². The highest BCUT2D eigenvalue weighted by Crippen LogP contribution is 2.34. The molecule has 1 rings (SSSR count). The van der Waals surface area contributed by atoms with E-state index < -0.39 is 5.97 Å². The van der Waals surface area contributed by atoms with Crippen LogP contribution in [0.25, 0.3) is 6.08 Å². The van der Waals surface area contributed by atoms with E-state index in [1.54, 1.807) is 12.1 Å². The van der Waals surface area contributed by atoms with Crippen molar-refractivity contribution in [3.8, 4) is 11.5 Å². The third-order valence-corrected chi connectivity index (χ3v) is 2.35. The molecule has 1 N–H and O–H groups in total. The van der Waals surface area contributed by atoms with Gasteiger partial charge in [0.1, 0.15) is 0 Å². The van der Waals surface area contributed by atoms with Gasteiger partial charge in [0.2, 0.25) is 0 Å². The molecule has 0 amide bonds. The maximum Gasteiger partial charge on any atom is 0.330 e. The molecular weight excluding hydrogens is 276 g/mol. The first-order valence-corrected chi connectivity index (χ1v) is 5.20. The predicted octanol–water partition coefficient (Wildman–Crippen LogP) is 2.35. The Labute approximate surface area is 102 Å². The number of methoxy groups -OCH3 is 2. The summed E-state index contributed by atoms with van der Waals surface area (Å²) >= 11 is 3.27. The third kappa shape index (κ3) is 3.00. The van der Waals surface area contributed by atoms with Crippen LogP contribution in [0, 0.1) is 0 Å². The molecule has 1 aromatic rings. The minimum atomic E-state index is -0.488. The van der Waals surface area contributed by atoms with Crippen molar-refractivity contribution in [1.82, 2.24) is 0 Å². The van der Waals surface area contributed by atoms with Crippen LogP contribution in [-0.4, -0.2) is 25.3 Å². The number of rotatable bonds is 3. The van der Waals surface area contributed by atoms with E-state index >= 15 is 0 Å². The minimum absolute atomic E-state index is 0.0224. The van der Waals surface area contributed by atoms with Gasteiger partial charge in [-0.2, -0.15) is 0 Å². The van der Waals surface area contributed by atoms with Crippen LogP contribution in [0.1, 0.15) is 5.56 Å². The van der Waals surface area contributed by atoms with Crippen LogP contribution < -0.4 is 4.74 Å². The van der Waals surface area contributed by atoms with E-state index in [0.717, 1.165) is 4.47 Å². The Morgan fingerprint density at radius 1 is 1.44 bits per heavy atom. The summed E-state index contributed by atoms with van der Waals surface area (Å²) in [5, 5.41) is 9.75. The SMILES string of the molecule is COC(=O)C=Cc1cc(Br)cc(OC)c1O. The van der Waals surface area contributed by atoms with E-state index in [4.69, 9.17) is 4.74 Å². The van der Waals surface area contributed by atoms with Crippen LogP contribution >= 0.6 is 15.9 Å². The lowest BCUT2D eigenvalue weighted by Gasteiger charge is -2.06. The smallest absolute Gasteiger partial charge is 0.330 e. The van der Waals surface area contributed by atoms with Gasteiger partial charge in [-0.3, -0.25) is 0 Å². The van der Waals surface area contributed by atoms with E-state index in [1.165, 1.54) is 26.4 Å². The second-order valence-electron chi connectivity index (χ2n) is 2.90. The molecule has 0 unspecified atom stereocenters. The van der Waals surface area contributed by atoms with E-state index in [2.05, 4.69) is 20.7 Å². The molecule has 4 nitrogen and oxygen atoms in total. The summed E-state index contributed by atoms with van der Waals surface area (Å²) in [4.78, 5) is 10.9. The monoisotopic (exact) mass is 286 g/mol. The molecule has 16 heavy (non-hydrogen) atoms. The summed E-state index contributed by atoms with van der Waals surface area (Å²) in [6, 6.07) is 3.29. The van der Waals surface area contributed by atoms with Gasteiger partial charge >= 0.3 is 5.97 Å². The number of phenolic OH excluding ortho intramolecular Hbond substituents is 1. The van der Waals surface area contributed by atoms with E-state index in [9.17, 15) is 9.90 Å². The molecule has 0 aliphatic rings. The fraction of sp³-hybridized carbons (Fsp3) is 0.182. The van der Waals surface area contributed by atoms with Crippen molar-refractivity contribution in [3.05, 3.63) is 28.2 Å². The molecule has 5 heteroatoms. The van der Waals surface area contributed by atoms with Crippen molar-refractivity contribution in [2.75, 3.05) is 14.2 Å². The normalized spacial score (nSPS) is 10.4. The molecule has 0 atom stereocenters. The van der Waals surface area contributed by atoms with Crippen LogP contribution in [0.2, 0.25) is 0 Å². The molecule has 0 saturated heterocycles. The number of aromatic hydroxyl groups is 1. The van der Waals surface area contributed by atoms with Crippen molar-refractivity contribution in [2.45, 2.75) is 0 Å². The Morgan fingerprint density at radius 2 is 2.12 bits per heavy atom. The van der Waals surface area contributed by atoms with Crippen LogP contribution in [0.4, 0.5) is 0 Å². The highest BCUT2D eigenvalue weighted by molar-refractivity contribution is 9.10. The number of carbonyl (C=O) groups is 1. The quantitative estimate of drug-likeness (QED) is 0.685. The lowest BCUT2D eigenvalue weighted by atomic mass is 10.1. The summed E-state index contributed by atoms with van der Waals surface area (Å²) in [5.41, 5.74) is 0.469. The number of benzene rings is 1. The highest BCUT2D eigenvalue weighted by Gasteiger charge is 2.07. The Hall–Kier alpha value is -1.49. The van der Waals surface area contributed by atoms with Crippen molar-refractivity contribution in [1.29, 1.82) is 0 Å². The van der Waals surface area contributed by atoms with Crippen LogP contribution in [0.3, 0.4) is 0 Å². The fourth-order valence-corrected chi connectivity index (χ4v) is 1.56. The molecule has 0 aliphatic heterocycles. The Morgan fingerprint density at radius 3 is 2.69 bits per heavy atom. The Bertz CT molecular complexity index is 426. The second kappa shape index (κ2) is 5.55. The first kappa shape index (κ1) is 12.6. The van der Waals surface area contributed by atoms with Crippen molar-refractivity contribution >= 4 is 28.0 Å². The van der Waals surface area contributed by atoms with E-state index in [1.807, 2.05) is 0 Å². The number of halogens is 1. The molecule has 0 aromatic heterocycles. The van der Waals surface area contributed by atoms with Gasteiger partial charge in [-0.25, -0.2) is 4.79 Å². The summed E-state index contributed by atoms with van der Waals surface area (Å²) in [6.07, 6.45) is 2.68. The molecule has 86 valence electrons. The number of phenols is 1. The van der Waals surface area contributed by atoms with Crippen LogP contribution in [0.15, 0.2) is 22.7 Å². The largest absolute Gasteiger partial charge is 0.504 e. The fourth-order valence-electron chi connectivity index (χ4n) is 1.10. The van der Waals surface area contributed by atoms with Gasteiger partial charge in [0, 0.05) is 16.1 Å². The molecule has 0 heterocycles. The van der Waals surface area contributed by atoms with Gasteiger partial charge in [-0.1, -0.05) is 15.9 Å². The predicted molar refractivity (Wildman–Crippen MR) is 63.4 cm³/mol. The maximum absolute atomic E-state index is 10.9.